The molecule has 0 spiro atoms. The molecule has 1 fully saturated rings. The molecule has 1 aliphatic heterocycles. The van der Waals surface area contributed by atoms with Crippen molar-refractivity contribution in [3.05, 3.63) is 71.0 Å². The number of benzene rings is 2. The number of halogens is 4. The van der Waals surface area contributed by atoms with Crippen molar-refractivity contribution in [3.63, 3.8) is 0 Å². The Bertz CT molecular complexity index is 806. The van der Waals surface area contributed by atoms with Gasteiger partial charge in [0.25, 0.3) is 0 Å². The van der Waals surface area contributed by atoms with Gasteiger partial charge < -0.3 is 9.64 Å². The lowest BCUT2D eigenvalue weighted by atomic mass is 9.80. The summed E-state index contributed by atoms with van der Waals surface area (Å²) in [5, 5.41) is 0. The highest BCUT2D eigenvalue weighted by molar-refractivity contribution is 5.25. The molecule has 0 amide bonds. The average Bonchev–Trinajstić information content (AvgIpc) is 2.75. The molecule has 1 heterocycles. The van der Waals surface area contributed by atoms with Crippen molar-refractivity contribution >= 4 is 0 Å². The van der Waals surface area contributed by atoms with Gasteiger partial charge in [0.1, 0.15) is 5.82 Å². The van der Waals surface area contributed by atoms with Crippen LogP contribution >= 0.6 is 0 Å². The maximum absolute atomic E-state index is 13.4. The third-order valence-corrected chi connectivity index (χ3v) is 6.05. The summed E-state index contributed by atoms with van der Waals surface area (Å²) in [5.41, 5.74) is 0.962. The maximum Gasteiger partial charge on any atom is 0.416 e. The molecule has 2 nitrogen and oxygen atoms in total. The second kappa shape index (κ2) is 11.1. The van der Waals surface area contributed by atoms with Crippen molar-refractivity contribution in [3.8, 4) is 0 Å². The molecule has 0 aromatic heterocycles. The number of ether oxygens (including phenoxy) is 1. The van der Waals surface area contributed by atoms with E-state index in [4.69, 9.17) is 4.74 Å². The van der Waals surface area contributed by atoms with E-state index in [0.717, 1.165) is 50.2 Å². The number of rotatable bonds is 9. The predicted octanol–water partition coefficient (Wildman–Crippen LogP) is 6.66. The molecule has 0 unspecified atom stereocenters. The highest BCUT2D eigenvalue weighted by Gasteiger charge is 2.31. The first-order valence-corrected chi connectivity index (χ1v) is 11.1. The van der Waals surface area contributed by atoms with Gasteiger partial charge in [-0.25, -0.2) is 4.39 Å². The molecule has 170 valence electrons. The molecule has 0 N–H and O–H groups in total. The van der Waals surface area contributed by atoms with E-state index in [9.17, 15) is 17.6 Å². The Labute approximate surface area is 182 Å². The normalized spacial score (nSPS) is 20.2. The summed E-state index contributed by atoms with van der Waals surface area (Å²) in [4.78, 5) is 2.45. The highest BCUT2D eigenvalue weighted by atomic mass is 19.4. The summed E-state index contributed by atoms with van der Waals surface area (Å²) in [6.07, 6.45) is 0.154. The Morgan fingerprint density at radius 2 is 1.84 bits per heavy atom. The van der Waals surface area contributed by atoms with E-state index in [0.29, 0.717) is 12.2 Å². The second-order valence-electron chi connectivity index (χ2n) is 8.43. The Kier molecular flexibility index (Phi) is 8.50. The van der Waals surface area contributed by atoms with Crippen LogP contribution in [-0.2, 0) is 17.5 Å². The van der Waals surface area contributed by atoms with Crippen LogP contribution in [0.1, 0.15) is 55.2 Å². The first kappa shape index (κ1) is 23.7. The van der Waals surface area contributed by atoms with Crippen LogP contribution in [0.3, 0.4) is 0 Å². The van der Waals surface area contributed by atoms with Crippen LogP contribution in [0.5, 0.6) is 0 Å². The standard InChI is InChI=1S/C25H31F4NO/c1-2-3-4-13-30-14-12-24(20-8-10-23(26)11-9-20)21(16-30)18-31-17-19-6-5-7-22(15-19)25(27,28)29/h5-11,15,21,24H,2-4,12-14,16-18H2,1H3/t21-,24-/m1/s1. The fourth-order valence-electron chi connectivity index (χ4n) is 4.38. The highest BCUT2D eigenvalue weighted by Crippen LogP contribution is 2.34. The SMILES string of the molecule is CCCCCN1CC[C@H](c2ccc(F)cc2)[C@@H](COCc2cccc(C(F)(F)F)c2)C1. The topological polar surface area (TPSA) is 12.5 Å². The van der Waals surface area contributed by atoms with Crippen molar-refractivity contribution in [2.24, 2.45) is 5.92 Å². The zero-order valence-electron chi connectivity index (χ0n) is 18.0. The average molecular weight is 438 g/mol. The summed E-state index contributed by atoms with van der Waals surface area (Å²) in [7, 11) is 0. The van der Waals surface area contributed by atoms with Crippen LogP contribution in [-0.4, -0.2) is 31.1 Å². The van der Waals surface area contributed by atoms with E-state index in [1.807, 2.05) is 12.1 Å². The fourth-order valence-corrected chi connectivity index (χ4v) is 4.38. The molecule has 2 aromatic carbocycles. The van der Waals surface area contributed by atoms with Gasteiger partial charge in [0.2, 0.25) is 0 Å². The Hall–Kier alpha value is -1.92. The molecule has 31 heavy (non-hydrogen) atoms. The molecule has 3 rings (SSSR count). The minimum Gasteiger partial charge on any atom is -0.376 e. The molecule has 2 aromatic rings. The minimum atomic E-state index is -4.36. The smallest absolute Gasteiger partial charge is 0.376 e. The molecule has 0 radical (unpaired) electrons. The minimum absolute atomic E-state index is 0.145. The summed E-state index contributed by atoms with van der Waals surface area (Å²) >= 11 is 0. The van der Waals surface area contributed by atoms with Crippen LogP contribution in [0, 0.1) is 11.7 Å². The van der Waals surface area contributed by atoms with Gasteiger partial charge >= 0.3 is 6.18 Å². The lowest BCUT2D eigenvalue weighted by molar-refractivity contribution is -0.137. The van der Waals surface area contributed by atoms with E-state index >= 15 is 0 Å². The van der Waals surface area contributed by atoms with Crippen molar-refractivity contribution in [1.82, 2.24) is 4.90 Å². The maximum atomic E-state index is 13.4. The van der Waals surface area contributed by atoms with Gasteiger partial charge in [0, 0.05) is 12.5 Å². The van der Waals surface area contributed by atoms with Crippen LogP contribution < -0.4 is 0 Å². The lowest BCUT2D eigenvalue weighted by Gasteiger charge is -2.39. The van der Waals surface area contributed by atoms with E-state index < -0.39 is 11.7 Å². The number of hydrogen-bond donors (Lipinski definition) is 0. The Balaban J connectivity index is 1.64. The van der Waals surface area contributed by atoms with Crippen molar-refractivity contribution < 1.29 is 22.3 Å². The van der Waals surface area contributed by atoms with Gasteiger partial charge in [0.05, 0.1) is 18.8 Å². The van der Waals surface area contributed by atoms with Crippen molar-refractivity contribution in [1.29, 1.82) is 0 Å². The number of nitrogens with zero attached hydrogens (tertiary/aromatic N) is 1. The van der Waals surface area contributed by atoms with Gasteiger partial charge in [0.15, 0.2) is 0 Å². The van der Waals surface area contributed by atoms with Gasteiger partial charge in [-0.3, -0.25) is 0 Å². The second-order valence-corrected chi connectivity index (χ2v) is 8.43. The Morgan fingerprint density at radius 3 is 2.55 bits per heavy atom. The van der Waals surface area contributed by atoms with Crippen LogP contribution in [0.15, 0.2) is 48.5 Å². The van der Waals surface area contributed by atoms with E-state index in [-0.39, 0.29) is 24.3 Å². The van der Waals surface area contributed by atoms with Crippen LogP contribution in [0.2, 0.25) is 0 Å². The predicted molar refractivity (Wildman–Crippen MR) is 114 cm³/mol. The number of piperidine rings is 1. The zero-order valence-corrected chi connectivity index (χ0v) is 18.0. The van der Waals surface area contributed by atoms with Gasteiger partial charge in [-0.15, -0.1) is 0 Å². The first-order valence-electron chi connectivity index (χ1n) is 11.1. The molecule has 1 saturated heterocycles. The van der Waals surface area contributed by atoms with Gasteiger partial charge in [-0.2, -0.15) is 13.2 Å². The molecule has 0 bridgehead atoms. The summed E-state index contributed by atoms with van der Waals surface area (Å²) in [6.45, 7) is 5.72. The fraction of sp³-hybridized carbons (Fsp3) is 0.520. The summed E-state index contributed by atoms with van der Waals surface area (Å²) in [5.74, 6) is 0.217. The van der Waals surface area contributed by atoms with Crippen LogP contribution in [0.25, 0.3) is 0 Å². The zero-order chi connectivity index (χ0) is 22.3. The monoisotopic (exact) mass is 437 g/mol. The molecule has 0 aliphatic carbocycles. The number of hydrogen-bond acceptors (Lipinski definition) is 2. The molecule has 0 saturated carbocycles. The molecular weight excluding hydrogens is 406 g/mol. The molecule has 2 atom stereocenters. The molecule has 6 heteroatoms. The first-order chi connectivity index (χ1) is 14.9. The Morgan fingerprint density at radius 1 is 1.06 bits per heavy atom. The van der Waals surface area contributed by atoms with E-state index in [1.165, 1.54) is 31.0 Å². The third-order valence-electron chi connectivity index (χ3n) is 6.05. The lowest BCUT2D eigenvalue weighted by Crippen LogP contribution is -2.41. The van der Waals surface area contributed by atoms with E-state index in [1.54, 1.807) is 6.07 Å². The van der Waals surface area contributed by atoms with E-state index in [2.05, 4.69) is 11.8 Å². The molecule has 1 aliphatic rings. The number of alkyl halides is 3. The summed E-state index contributed by atoms with van der Waals surface area (Å²) < 4.78 is 58.1. The number of likely N-dealkylation sites (tertiary alicyclic amines) is 1. The van der Waals surface area contributed by atoms with Crippen molar-refractivity contribution in [2.75, 3.05) is 26.2 Å². The van der Waals surface area contributed by atoms with Crippen molar-refractivity contribution in [2.45, 2.75) is 51.3 Å². The largest absolute Gasteiger partial charge is 0.416 e. The molecular formula is C25H31F4NO. The quantitative estimate of drug-likeness (QED) is 0.321. The van der Waals surface area contributed by atoms with Crippen LogP contribution in [0.4, 0.5) is 17.6 Å². The van der Waals surface area contributed by atoms with Gasteiger partial charge in [-0.1, -0.05) is 44.0 Å². The third kappa shape index (κ3) is 7.04. The van der Waals surface area contributed by atoms with Gasteiger partial charge in [-0.05, 0) is 67.2 Å². The number of unbranched alkanes of at least 4 members (excludes halogenated alkanes) is 2. The summed E-state index contributed by atoms with van der Waals surface area (Å²) in [6, 6.07) is 12.0.